The zero-order valence-electron chi connectivity index (χ0n) is 12.6. The van der Waals surface area contributed by atoms with Crippen LogP contribution in [0.1, 0.15) is 64.5 Å². The quantitative estimate of drug-likeness (QED) is 0.838. The Kier molecular flexibility index (Phi) is 4.78. The predicted octanol–water partition coefficient (Wildman–Crippen LogP) is 3.86. The molecule has 5 heteroatoms. The van der Waals surface area contributed by atoms with Crippen molar-refractivity contribution in [1.82, 2.24) is 9.55 Å². The number of aromatic nitrogens is 2. The highest BCUT2D eigenvalue weighted by Crippen LogP contribution is 2.39. The first-order valence-corrected chi connectivity index (χ1v) is 8.35. The van der Waals surface area contributed by atoms with Gasteiger partial charge in [-0.25, -0.2) is 4.98 Å². The molecule has 0 saturated heterocycles. The smallest absolute Gasteiger partial charge is 0.313 e. The summed E-state index contributed by atoms with van der Waals surface area (Å²) in [6.45, 7) is 6.64. The molecular weight excluding hydrogens is 272 g/mol. The van der Waals surface area contributed by atoms with E-state index in [1.54, 1.807) is 0 Å². The van der Waals surface area contributed by atoms with E-state index < -0.39 is 5.97 Å². The van der Waals surface area contributed by atoms with Crippen LogP contribution >= 0.6 is 11.8 Å². The standard InChI is InChI=1S/C15H24N2O2S/c1-11(2)12-9-16-14(20-10-13(18)19)17(12)15(3)7-5-4-6-8-15/h9,11H,4-8,10H2,1-3H3,(H,18,19). The highest BCUT2D eigenvalue weighted by atomic mass is 32.2. The average Bonchev–Trinajstić information content (AvgIpc) is 2.82. The number of hydrogen-bond acceptors (Lipinski definition) is 3. The molecule has 20 heavy (non-hydrogen) atoms. The summed E-state index contributed by atoms with van der Waals surface area (Å²) >= 11 is 1.34. The topological polar surface area (TPSA) is 55.1 Å². The van der Waals surface area contributed by atoms with Gasteiger partial charge in [0.2, 0.25) is 0 Å². The Bertz CT molecular complexity index is 476. The first-order chi connectivity index (χ1) is 9.44. The van der Waals surface area contributed by atoms with Crippen LogP contribution in [0, 0.1) is 0 Å². The minimum absolute atomic E-state index is 0.0740. The molecule has 1 aliphatic rings. The summed E-state index contributed by atoms with van der Waals surface area (Å²) in [5.74, 6) is -0.310. The summed E-state index contributed by atoms with van der Waals surface area (Å²) in [4.78, 5) is 15.3. The second-order valence-electron chi connectivity index (χ2n) is 6.20. The van der Waals surface area contributed by atoms with Gasteiger partial charge in [-0.3, -0.25) is 4.79 Å². The Morgan fingerprint density at radius 3 is 2.65 bits per heavy atom. The van der Waals surface area contributed by atoms with E-state index in [0.717, 1.165) is 18.0 Å². The largest absolute Gasteiger partial charge is 0.481 e. The average molecular weight is 296 g/mol. The van der Waals surface area contributed by atoms with Crippen molar-refractivity contribution in [2.45, 2.75) is 69.5 Å². The molecule has 0 amide bonds. The molecule has 1 heterocycles. The zero-order valence-corrected chi connectivity index (χ0v) is 13.4. The predicted molar refractivity (Wildman–Crippen MR) is 81.4 cm³/mol. The molecule has 0 spiro atoms. The maximum Gasteiger partial charge on any atom is 0.313 e. The molecule has 0 aliphatic heterocycles. The lowest BCUT2D eigenvalue weighted by molar-refractivity contribution is -0.133. The number of rotatable bonds is 5. The molecule has 1 aromatic rings. The SMILES string of the molecule is CC(C)c1cnc(SCC(=O)O)n1C1(C)CCCCC1. The van der Waals surface area contributed by atoms with Crippen molar-refractivity contribution in [2.75, 3.05) is 5.75 Å². The molecule has 2 rings (SSSR count). The number of carboxylic acids is 1. The van der Waals surface area contributed by atoms with Crippen LogP contribution in [-0.4, -0.2) is 26.4 Å². The molecule has 0 unspecified atom stereocenters. The normalized spacial score (nSPS) is 18.4. The molecule has 1 aliphatic carbocycles. The van der Waals surface area contributed by atoms with Gasteiger partial charge in [-0.05, 0) is 25.7 Å². The zero-order chi connectivity index (χ0) is 14.8. The summed E-state index contributed by atoms with van der Waals surface area (Å²) < 4.78 is 2.32. The summed E-state index contributed by atoms with van der Waals surface area (Å²) in [6.07, 6.45) is 8.03. The van der Waals surface area contributed by atoms with Gasteiger partial charge < -0.3 is 9.67 Å². The van der Waals surface area contributed by atoms with Crippen molar-refractivity contribution >= 4 is 17.7 Å². The molecule has 4 nitrogen and oxygen atoms in total. The van der Waals surface area contributed by atoms with E-state index in [-0.39, 0.29) is 11.3 Å². The maximum absolute atomic E-state index is 10.8. The number of nitrogens with zero attached hydrogens (tertiary/aromatic N) is 2. The molecule has 0 atom stereocenters. The molecular formula is C15H24N2O2S. The molecule has 1 fully saturated rings. The minimum Gasteiger partial charge on any atom is -0.481 e. The lowest BCUT2D eigenvalue weighted by atomic mass is 9.82. The van der Waals surface area contributed by atoms with Gasteiger partial charge in [0.05, 0.1) is 5.75 Å². The summed E-state index contributed by atoms with van der Waals surface area (Å²) in [6, 6.07) is 0. The highest BCUT2D eigenvalue weighted by molar-refractivity contribution is 7.99. The van der Waals surface area contributed by atoms with E-state index in [4.69, 9.17) is 5.11 Å². The van der Waals surface area contributed by atoms with Gasteiger partial charge >= 0.3 is 5.97 Å². The molecule has 0 aromatic carbocycles. The van der Waals surface area contributed by atoms with Crippen molar-refractivity contribution in [2.24, 2.45) is 0 Å². The Morgan fingerprint density at radius 1 is 1.45 bits per heavy atom. The van der Waals surface area contributed by atoms with Crippen LogP contribution in [0.3, 0.4) is 0 Å². The highest BCUT2D eigenvalue weighted by Gasteiger charge is 2.33. The monoisotopic (exact) mass is 296 g/mol. The van der Waals surface area contributed by atoms with Crippen LogP contribution in [0.4, 0.5) is 0 Å². The Hall–Kier alpha value is -0.970. The lowest BCUT2D eigenvalue weighted by Gasteiger charge is -2.38. The fourth-order valence-corrected chi connectivity index (χ4v) is 3.90. The second kappa shape index (κ2) is 6.20. The summed E-state index contributed by atoms with van der Waals surface area (Å²) in [5.41, 5.74) is 1.32. The van der Waals surface area contributed by atoms with Crippen LogP contribution in [0.15, 0.2) is 11.4 Å². The molecule has 1 saturated carbocycles. The first-order valence-electron chi connectivity index (χ1n) is 7.37. The third-order valence-corrected chi connectivity index (χ3v) is 5.08. The van der Waals surface area contributed by atoms with Gasteiger partial charge in [-0.15, -0.1) is 0 Å². The molecule has 0 bridgehead atoms. The summed E-state index contributed by atoms with van der Waals surface area (Å²) in [5, 5.41) is 9.76. The van der Waals surface area contributed by atoms with Crippen LogP contribution in [-0.2, 0) is 10.3 Å². The third kappa shape index (κ3) is 3.19. The number of thioether (sulfide) groups is 1. The van der Waals surface area contributed by atoms with Crippen molar-refractivity contribution in [3.8, 4) is 0 Å². The van der Waals surface area contributed by atoms with Gasteiger partial charge in [0.1, 0.15) is 0 Å². The van der Waals surface area contributed by atoms with E-state index >= 15 is 0 Å². The number of hydrogen-bond donors (Lipinski definition) is 1. The van der Waals surface area contributed by atoms with Crippen molar-refractivity contribution in [3.05, 3.63) is 11.9 Å². The lowest BCUT2D eigenvalue weighted by Crippen LogP contribution is -2.34. The summed E-state index contributed by atoms with van der Waals surface area (Å²) in [7, 11) is 0. The molecule has 0 radical (unpaired) electrons. The van der Waals surface area contributed by atoms with E-state index in [1.165, 1.54) is 36.7 Å². The van der Waals surface area contributed by atoms with Crippen LogP contribution < -0.4 is 0 Å². The van der Waals surface area contributed by atoms with Crippen LogP contribution in [0.2, 0.25) is 0 Å². The van der Waals surface area contributed by atoms with E-state index in [1.807, 2.05) is 6.20 Å². The van der Waals surface area contributed by atoms with Gasteiger partial charge in [-0.2, -0.15) is 0 Å². The molecule has 1 N–H and O–H groups in total. The number of aliphatic carboxylic acids is 1. The third-order valence-electron chi connectivity index (χ3n) is 4.14. The van der Waals surface area contributed by atoms with Gasteiger partial charge in [0, 0.05) is 17.4 Å². The van der Waals surface area contributed by atoms with E-state index in [9.17, 15) is 4.79 Å². The number of carbonyl (C=O) groups is 1. The fourth-order valence-electron chi connectivity index (χ4n) is 3.06. The maximum atomic E-state index is 10.8. The van der Waals surface area contributed by atoms with E-state index in [2.05, 4.69) is 30.3 Å². The first kappa shape index (κ1) is 15.4. The molecule has 112 valence electrons. The van der Waals surface area contributed by atoms with Gasteiger partial charge in [0.25, 0.3) is 0 Å². The van der Waals surface area contributed by atoms with Crippen LogP contribution in [0.5, 0.6) is 0 Å². The van der Waals surface area contributed by atoms with Gasteiger partial charge in [-0.1, -0.05) is 44.9 Å². The van der Waals surface area contributed by atoms with E-state index in [0.29, 0.717) is 5.92 Å². The fraction of sp³-hybridized carbons (Fsp3) is 0.733. The van der Waals surface area contributed by atoms with Crippen molar-refractivity contribution < 1.29 is 9.90 Å². The number of imidazole rings is 1. The second-order valence-corrected chi connectivity index (χ2v) is 7.14. The van der Waals surface area contributed by atoms with Crippen LogP contribution in [0.25, 0.3) is 0 Å². The Labute approximate surface area is 125 Å². The number of carboxylic acid groups (broad SMARTS) is 1. The van der Waals surface area contributed by atoms with Crippen molar-refractivity contribution in [3.63, 3.8) is 0 Å². The Balaban J connectivity index is 2.35. The molecule has 1 aromatic heterocycles. The van der Waals surface area contributed by atoms with Crippen molar-refractivity contribution in [1.29, 1.82) is 0 Å². The minimum atomic E-state index is -0.788. The van der Waals surface area contributed by atoms with Gasteiger partial charge in [0.15, 0.2) is 5.16 Å². The Morgan fingerprint density at radius 2 is 2.10 bits per heavy atom.